The van der Waals surface area contributed by atoms with E-state index in [9.17, 15) is 4.79 Å². The molecule has 1 atom stereocenters. The summed E-state index contributed by atoms with van der Waals surface area (Å²) in [6.07, 6.45) is 3.59. The molecule has 1 unspecified atom stereocenters. The topological polar surface area (TPSA) is 74.6 Å². The van der Waals surface area contributed by atoms with Crippen molar-refractivity contribution in [3.63, 3.8) is 0 Å². The van der Waals surface area contributed by atoms with E-state index in [-0.39, 0.29) is 11.9 Å². The zero-order valence-corrected chi connectivity index (χ0v) is 17.1. The molecule has 0 saturated carbocycles. The van der Waals surface area contributed by atoms with E-state index in [0.717, 1.165) is 25.1 Å². The number of aromatic nitrogens is 2. The summed E-state index contributed by atoms with van der Waals surface area (Å²) < 4.78 is 18.1. The Balaban J connectivity index is 1.78. The van der Waals surface area contributed by atoms with E-state index in [0.29, 0.717) is 34.9 Å². The Labute approximate surface area is 175 Å². The molecule has 7 heteroatoms. The van der Waals surface area contributed by atoms with Crippen LogP contribution < -0.4 is 14.8 Å². The van der Waals surface area contributed by atoms with Gasteiger partial charge >= 0.3 is 0 Å². The van der Waals surface area contributed by atoms with E-state index in [2.05, 4.69) is 5.32 Å². The number of benzene rings is 2. The number of carbonyl (C=O) groups excluding carboxylic acids is 1. The van der Waals surface area contributed by atoms with Crippen LogP contribution >= 0.6 is 0 Å². The molecular weight excluding hydrogens is 382 g/mol. The van der Waals surface area contributed by atoms with Crippen molar-refractivity contribution in [2.24, 2.45) is 0 Å². The molecule has 156 valence electrons. The predicted octanol–water partition coefficient (Wildman–Crippen LogP) is 3.47. The molecule has 0 aliphatic carbocycles. The average Bonchev–Trinajstić information content (AvgIpc) is 3.25. The van der Waals surface area contributed by atoms with E-state index < -0.39 is 0 Å². The van der Waals surface area contributed by atoms with Crippen LogP contribution in [0.5, 0.6) is 11.5 Å². The molecule has 1 amide bonds. The van der Waals surface area contributed by atoms with Gasteiger partial charge in [-0.15, -0.1) is 0 Å². The number of methoxy groups -OCH3 is 2. The van der Waals surface area contributed by atoms with Crippen LogP contribution in [0.2, 0.25) is 0 Å². The number of hydrogen-bond donors (Lipinski definition) is 1. The zero-order valence-electron chi connectivity index (χ0n) is 17.1. The van der Waals surface area contributed by atoms with Crippen molar-refractivity contribution in [3.8, 4) is 28.4 Å². The van der Waals surface area contributed by atoms with E-state index in [1.54, 1.807) is 25.1 Å². The molecule has 30 heavy (non-hydrogen) atoms. The number of carbonyl (C=O) groups is 1. The highest BCUT2D eigenvalue weighted by Crippen LogP contribution is 2.35. The van der Waals surface area contributed by atoms with Crippen molar-refractivity contribution in [1.29, 1.82) is 0 Å². The fourth-order valence-corrected chi connectivity index (χ4v) is 3.57. The van der Waals surface area contributed by atoms with Gasteiger partial charge in [0.25, 0.3) is 5.91 Å². The molecule has 2 heterocycles. The van der Waals surface area contributed by atoms with Crippen LogP contribution in [0.15, 0.2) is 54.7 Å². The molecule has 1 fully saturated rings. The lowest BCUT2D eigenvalue weighted by molar-refractivity contribution is 0.0624. The van der Waals surface area contributed by atoms with E-state index >= 15 is 0 Å². The van der Waals surface area contributed by atoms with Crippen molar-refractivity contribution in [3.05, 3.63) is 60.3 Å². The van der Waals surface area contributed by atoms with Crippen LogP contribution in [0.3, 0.4) is 0 Å². The first kappa shape index (κ1) is 20.0. The minimum atomic E-state index is -0.187. The lowest BCUT2D eigenvalue weighted by atomic mass is 10.0. The molecular formula is C23H25N3O4. The van der Waals surface area contributed by atoms with Gasteiger partial charge in [-0.05, 0) is 43.2 Å². The second-order valence-electron chi connectivity index (χ2n) is 7.13. The Kier molecular flexibility index (Phi) is 5.99. The first-order valence-electron chi connectivity index (χ1n) is 9.95. The van der Waals surface area contributed by atoms with E-state index in [1.807, 2.05) is 48.5 Å². The van der Waals surface area contributed by atoms with Crippen LogP contribution in [0.1, 0.15) is 23.2 Å². The normalized spacial score (nSPS) is 16.1. The lowest BCUT2D eigenvalue weighted by Crippen LogP contribution is -2.40. The third-order valence-corrected chi connectivity index (χ3v) is 5.14. The molecule has 3 aromatic rings. The summed E-state index contributed by atoms with van der Waals surface area (Å²) in [5.74, 6) is 1.09. The smallest absolute Gasteiger partial charge is 0.255 e. The Morgan fingerprint density at radius 3 is 2.70 bits per heavy atom. The highest BCUT2D eigenvalue weighted by atomic mass is 16.5. The highest BCUT2D eigenvalue weighted by molar-refractivity contribution is 6.00. The van der Waals surface area contributed by atoms with Gasteiger partial charge in [0.1, 0.15) is 17.2 Å². The third-order valence-electron chi connectivity index (χ3n) is 5.14. The first-order valence-corrected chi connectivity index (χ1v) is 9.95. The zero-order chi connectivity index (χ0) is 20.9. The van der Waals surface area contributed by atoms with Gasteiger partial charge in [-0.3, -0.25) is 4.79 Å². The van der Waals surface area contributed by atoms with Crippen LogP contribution in [-0.4, -0.2) is 49.2 Å². The van der Waals surface area contributed by atoms with Crippen molar-refractivity contribution < 1.29 is 19.0 Å². The molecule has 1 aliphatic rings. The van der Waals surface area contributed by atoms with Gasteiger partial charge in [0, 0.05) is 18.4 Å². The number of amides is 1. The van der Waals surface area contributed by atoms with Crippen molar-refractivity contribution in [2.45, 2.75) is 18.9 Å². The van der Waals surface area contributed by atoms with Crippen LogP contribution in [-0.2, 0) is 4.74 Å². The fourth-order valence-electron chi connectivity index (χ4n) is 3.57. The van der Waals surface area contributed by atoms with Gasteiger partial charge in [-0.2, -0.15) is 5.10 Å². The Morgan fingerprint density at radius 2 is 2.00 bits per heavy atom. The van der Waals surface area contributed by atoms with Gasteiger partial charge in [0.15, 0.2) is 0 Å². The summed E-state index contributed by atoms with van der Waals surface area (Å²) in [7, 11) is 3.20. The largest absolute Gasteiger partial charge is 0.497 e. The molecule has 1 aliphatic heterocycles. The Morgan fingerprint density at radius 1 is 1.17 bits per heavy atom. The molecule has 2 aromatic carbocycles. The molecule has 0 spiro atoms. The first-order chi connectivity index (χ1) is 14.7. The number of nitrogens with zero attached hydrogens (tertiary/aromatic N) is 2. The molecule has 0 bridgehead atoms. The Bertz CT molecular complexity index is 1010. The van der Waals surface area contributed by atoms with Crippen molar-refractivity contribution in [1.82, 2.24) is 15.1 Å². The highest BCUT2D eigenvalue weighted by Gasteiger charge is 2.24. The second kappa shape index (κ2) is 9.00. The monoisotopic (exact) mass is 407 g/mol. The number of para-hydroxylation sites is 1. The molecule has 1 N–H and O–H groups in total. The molecule has 1 saturated heterocycles. The van der Waals surface area contributed by atoms with Crippen molar-refractivity contribution in [2.75, 3.05) is 27.4 Å². The van der Waals surface area contributed by atoms with E-state index in [1.165, 1.54) is 0 Å². The maximum absolute atomic E-state index is 13.2. The number of hydrogen-bond acceptors (Lipinski definition) is 5. The third kappa shape index (κ3) is 4.16. The quantitative estimate of drug-likeness (QED) is 0.677. The summed E-state index contributed by atoms with van der Waals surface area (Å²) in [4.78, 5) is 13.2. The van der Waals surface area contributed by atoms with Crippen LogP contribution in [0.4, 0.5) is 0 Å². The summed E-state index contributed by atoms with van der Waals surface area (Å²) in [6, 6.07) is 15.1. The fraction of sp³-hybridized carbons (Fsp3) is 0.304. The maximum atomic E-state index is 13.2. The van der Waals surface area contributed by atoms with E-state index in [4.69, 9.17) is 19.3 Å². The number of nitrogens with one attached hydrogen (secondary N) is 1. The van der Waals surface area contributed by atoms with Gasteiger partial charge in [-0.1, -0.05) is 18.2 Å². The molecule has 0 radical (unpaired) electrons. The Hall–Kier alpha value is -3.32. The SMILES string of the molecule is COc1ccc(OC)c(-c2nn(-c3ccccc3)cc2C(=O)NC2CCCOC2)c1. The molecule has 4 rings (SSSR count). The minimum absolute atomic E-state index is 0.00798. The van der Waals surface area contributed by atoms with Crippen LogP contribution in [0, 0.1) is 0 Å². The second-order valence-corrected chi connectivity index (χ2v) is 7.13. The van der Waals surface area contributed by atoms with Gasteiger partial charge in [0.2, 0.25) is 0 Å². The maximum Gasteiger partial charge on any atom is 0.255 e. The van der Waals surface area contributed by atoms with Gasteiger partial charge in [-0.25, -0.2) is 4.68 Å². The molecule has 7 nitrogen and oxygen atoms in total. The number of rotatable bonds is 6. The van der Waals surface area contributed by atoms with Crippen molar-refractivity contribution >= 4 is 5.91 Å². The summed E-state index contributed by atoms with van der Waals surface area (Å²) in [5, 5.41) is 7.82. The number of ether oxygens (including phenoxy) is 3. The minimum Gasteiger partial charge on any atom is -0.497 e. The average molecular weight is 407 g/mol. The van der Waals surface area contributed by atoms with Crippen LogP contribution in [0.25, 0.3) is 16.9 Å². The molecule has 1 aromatic heterocycles. The standard InChI is InChI=1S/C23H25N3O4/c1-28-18-10-11-21(29-2)19(13-18)22-20(23(27)24-16-7-6-12-30-15-16)14-26(25-22)17-8-4-3-5-9-17/h3-5,8-11,13-14,16H,6-7,12,15H2,1-2H3,(H,24,27). The van der Waals surface area contributed by atoms with Gasteiger partial charge < -0.3 is 19.5 Å². The predicted molar refractivity (Wildman–Crippen MR) is 113 cm³/mol. The summed E-state index contributed by atoms with van der Waals surface area (Å²) >= 11 is 0. The lowest BCUT2D eigenvalue weighted by Gasteiger charge is -2.23. The summed E-state index contributed by atoms with van der Waals surface area (Å²) in [6.45, 7) is 1.26. The van der Waals surface area contributed by atoms with Gasteiger partial charge in [0.05, 0.1) is 38.1 Å². The summed E-state index contributed by atoms with van der Waals surface area (Å²) in [5.41, 5.74) is 2.55.